The molecule has 1 N–H and O–H groups in total. The molecule has 0 saturated carbocycles. The van der Waals surface area contributed by atoms with Crippen LogP contribution in [0.5, 0.6) is 0 Å². The van der Waals surface area contributed by atoms with Crippen molar-refractivity contribution in [2.75, 3.05) is 19.0 Å². The number of anilines is 1. The number of hydrogen-bond donors (Lipinski definition) is 1. The number of thiophene rings is 1. The summed E-state index contributed by atoms with van der Waals surface area (Å²) in [5.74, 6) is -0.0200. The molecule has 1 aliphatic rings. The van der Waals surface area contributed by atoms with E-state index < -0.39 is 0 Å². The minimum absolute atomic E-state index is 0.0200. The van der Waals surface area contributed by atoms with Gasteiger partial charge in [0.15, 0.2) is 0 Å². The second-order valence-electron chi connectivity index (χ2n) is 7.80. The summed E-state index contributed by atoms with van der Waals surface area (Å²) in [5, 5.41) is 3.92. The van der Waals surface area contributed by atoms with E-state index in [4.69, 9.17) is 4.99 Å². The molecule has 0 aliphatic heterocycles. The minimum Gasteiger partial charge on any atom is -0.378 e. The maximum absolute atomic E-state index is 13.1. The summed E-state index contributed by atoms with van der Waals surface area (Å²) in [6, 6.07) is 18.3. The molecule has 1 amide bonds. The van der Waals surface area contributed by atoms with Gasteiger partial charge in [-0.2, -0.15) is 0 Å². The summed E-state index contributed by atoms with van der Waals surface area (Å²) in [7, 11) is 4.05. The van der Waals surface area contributed by atoms with Gasteiger partial charge in [0.1, 0.15) is 5.00 Å². The molecular formula is C25H27N3OS. The number of amides is 1. The standard InChI is InChI=1S/C25H27N3OS/c1-28(2)20-14-12-19(13-15-20)17-27-25-23(21-10-6-7-11-22(21)30-25)24(29)26-16-18-8-4-3-5-9-18/h3-5,8-9,12-15,17H,6-7,10-11,16H2,1-2H3,(H,26,29)/b27-17-. The number of nitrogens with one attached hydrogen (secondary N) is 1. The first-order valence-corrected chi connectivity index (χ1v) is 11.2. The molecule has 154 valence electrons. The summed E-state index contributed by atoms with van der Waals surface area (Å²) in [4.78, 5) is 21.3. The Hall–Kier alpha value is -2.92. The van der Waals surface area contributed by atoms with Crippen LogP contribution < -0.4 is 10.2 Å². The van der Waals surface area contributed by atoms with Crippen molar-refractivity contribution in [3.8, 4) is 0 Å². The van der Waals surface area contributed by atoms with Gasteiger partial charge in [-0.05, 0) is 54.5 Å². The topological polar surface area (TPSA) is 44.7 Å². The number of carbonyl (C=O) groups is 1. The molecule has 0 atom stereocenters. The third-order valence-electron chi connectivity index (χ3n) is 5.42. The van der Waals surface area contributed by atoms with Gasteiger partial charge in [-0.3, -0.25) is 4.79 Å². The Bertz CT molecular complexity index is 1040. The molecule has 1 heterocycles. The van der Waals surface area contributed by atoms with Gasteiger partial charge >= 0.3 is 0 Å². The Kier molecular flexibility index (Phi) is 6.29. The van der Waals surface area contributed by atoms with Crippen LogP contribution in [-0.2, 0) is 19.4 Å². The number of aliphatic imine (C=N–C) groups is 1. The first-order valence-electron chi connectivity index (χ1n) is 10.4. The lowest BCUT2D eigenvalue weighted by Gasteiger charge is -2.13. The molecule has 2 aromatic carbocycles. The molecule has 30 heavy (non-hydrogen) atoms. The lowest BCUT2D eigenvalue weighted by atomic mass is 9.95. The fraction of sp³-hybridized carbons (Fsp3) is 0.280. The van der Waals surface area contributed by atoms with Crippen molar-refractivity contribution in [2.45, 2.75) is 32.2 Å². The fourth-order valence-corrected chi connectivity index (χ4v) is 4.97. The highest BCUT2D eigenvalue weighted by atomic mass is 32.1. The van der Waals surface area contributed by atoms with E-state index in [-0.39, 0.29) is 5.91 Å². The molecule has 3 aromatic rings. The van der Waals surface area contributed by atoms with E-state index in [0.717, 1.165) is 46.6 Å². The lowest BCUT2D eigenvalue weighted by Crippen LogP contribution is -2.24. The molecule has 0 bridgehead atoms. The molecule has 0 spiro atoms. The van der Waals surface area contributed by atoms with E-state index in [1.165, 1.54) is 16.9 Å². The van der Waals surface area contributed by atoms with Crippen molar-refractivity contribution in [2.24, 2.45) is 4.99 Å². The van der Waals surface area contributed by atoms with Gasteiger partial charge in [-0.1, -0.05) is 42.5 Å². The molecule has 5 heteroatoms. The maximum atomic E-state index is 13.1. The Morgan fingerprint density at radius 3 is 2.53 bits per heavy atom. The molecular weight excluding hydrogens is 390 g/mol. The molecule has 4 rings (SSSR count). The first-order chi connectivity index (χ1) is 14.6. The molecule has 4 nitrogen and oxygen atoms in total. The van der Waals surface area contributed by atoms with Crippen LogP contribution in [0.3, 0.4) is 0 Å². The van der Waals surface area contributed by atoms with Crippen LogP contribution in [0.15, 0.2) is 59.6 Å². The van der Waals surface area contributed by atoms with Crippen molar-refractivity contribution in [1.82, 2.24) is 5.32 Å². The Labute approximate surface area is 182 Å². The van der Waals surface area contributed by atoms with Gasteiger partial charge < -0.3 is 10.2 Å². The highest BCUT2D eigenvalue weighted by Crippen LogP contribution is 2.39. The number of carbonyl (C=O) groups excluding carboxylic acids is 1. The van der Waals surface area contributed by atoms with Gasteiger partial charge in [-0.15, -0.1) is 11.3 Å². The molecule has 1 aromatic heterocycles. The van der Waals surface area contributed by atoms with Gasteiger partial charge in [-0.25, -0.2) is 4.99 Å². The third-order valence-corrected chi connectivity index (χ3v) is 6.62. The highest BCUT2D eigenvalue weighted by Gasteiger charge is 2.25. The van der Waals surface area contributed by atoms with E-state index in [1.54, 1.807) is 11.3 Å². The molecule has 0 fully saturated rings. The van der Waals surface area contributed by atoms with Crippen molar-refractivity contribution < 1.29 is 4.79 Å². The predicted molar refractivity (Wildman–Crippen MR) is 127 cm³/mol. The largest absolute Gasteiger partial charge is 0.378 e. The summed E-state index contributed by atoms with van der Waals surface area (Å²) in [6.45, 7) is 0.527. The SMILES string of the molecule is CN(C)c1ccc(/C=N\c2sc3c(c2C(=O)NCc2ccccc2)CCCC3)cc1. The number of benzene rings is 2. The van der Waals surface area contributed by atoms with Crippen molar-refractivity contribution in [1.29, 1.82) is 0 Å². The van der Waals surface area contributed by atoms with E-state index in [2.05, 4.69) is 34.5 Å². The van der Waals surface area contributed by atoms with Crippen LogP contribution in [0, 0.1) is 0 Å². The zero-order chi connectivity index (χ0) is 20.9. The first kappa shape index (κ1) is 20.4. The molecule has 0 radical (unpaired) electrons. The fourth-order valence-electron chi connectivity index (χ4n) is 3.73. The van der Waals surface area contributed by atoms with Crippen LogP contribution in [0.25, 0.3) is 0 Å². The van der Waals surface area contributed by atoms with Gasteiger partial charge in [0.2, 0.25) is 0 Å². The zero-order valence-electron chi connectivity index (χ0n) is 17.5. The second kappa shape index (κ2) is 9.26. The van der Waals surface area contributed by atoms with E-state index in [9.17, 15) is 4.79 Å². The van der Waals surface area contributed by atoms with Crippen molar-refractivity contribution >= 4 is 34.1 Å². The summed E-state index contributed by atoms with van der Waals surface area (Å²) >= 11 is 1.67. The smallest absolute Gasteiger partial charge is 0.254 e. The number of rotatable bonds is 6. The van der Waals surface area contributed by atoms with E-state index in [1.807, 2.05) is 50.6 Å². The van der Waals surface area contributed by atoms with Crippen LogP contribution in [0.2, 0.25) is 0 Å². The van der Waals surface area contributed by atoms with Crippen LogP contribution in [0.4, 0.5) is 10.7 Å². The minimum atomic E-state index is -0.0200. The highest BCUT2D eigenvalue weighted by molar-refractivity contribution is 7.16. The van der Waals surface area contributed by atoms with Crippen molar-refractivity contribution in [3.05, 3.63) is 81.7 Å². The van der Waals surface area contributed by atoms with Gasteiger partial charge in [0.05, 0.1) is 5.56 Å². The molecule has 0 saturated heterocycles. The normalized spacial score (nSPS) is 13.3. The molecule has 1 aliphatic carbocycles. The summed E-state index contributed by atoms with van der Waals surface area (Å²) in [5.41, 5.74) is 5.25. The van der Waals surface area contributed by atoms with Gasteiger partial charge in [0.25, 0.3) is 5.91 Å². The number of nitrogens with zero attached hydrogens (tertiary/aromatic N) is 2. The number of aryl methyl sites for hydroxylation is 1. The third kappa shape index (κ3) is 4.62. The Balaban J connectivity index is 1.58. The second-order valence-corrected chi connectivity index (χ2v) is 8.89. The zero-order valence-corrected chi connectivity index (χ0v) is 18.3. The van der Waals surface area contributed by atoms with Crippen LogP contribution >= 0.6 is 11.3 Å². The quantitative estimate of drug-likeness (QED) is 0.548. The number of hydrogen-bond acceptors (Lipinski definition) is 4. The predicted octanol–water partition coefficient (Wildman–Crippen LogP) is 5.37. The van der Waals surface area contributed by atoms with E-state index >= 15 is 0 Å². The average molecular weight is 418 g/mol. The summed E-state index contributed by atoms with van der Waals surface area (Å²) in [6.07, 6.45) is 6.20. The summed E-state index contributed by atoms with van der Waals surface area (Å²) < 4.78 is 0. The number of fused-ring (bicyclic) bond motifs is 1. The van der Waals surface area contributed by atoms with E-state index in [0.29, 0.717) is 6.54 Å². The van der Waals surface area contributed by atoms with Crippen molar-refractivity contribution in [3.63, 3.8) is 0 Å². The van der Waals surface area contributed by atoms with Crippen LogP contribution in [-0.4, -0.2) is 26.2 Å². The molecule has 0 unspecified atom stereocenters. The maximum Gasteiger partial charge on any atom is 0.254 e. The Morgan fingerprint density at radius 1 is 1.07 bits per heavy atom. The lowest BCUT2D eigenvalue weighted by molar-refractivity contribution is 0.0951. The average Bonchev–Trinajstić information content (AvgIpc) is 3.15. The van der Waals surface area contributed by atoms with Crippen LogP contribution in [0.1, 0.15) is 44.8 Å². The monoisotopic (exact) mass is 417 g/mol. The van der Waals surface area contributed by atoms with Gasteiger partial charge in [0, 0.05) is 37.4 Å². The Morgan fingerprint density at radius 2 is 1.80 bits per heavy atom.